The first kappa shape index (κ1) is 45.6. The summed E-state index contributed by atoms with van der Waals surface area (Å²) in [6.07, 6.45) is 27.6. The van der Waals surface area contributed by atoms with Crippen molar-refractivity contribution in [3.8, 4) is 0 Å². The van der Waals surface area contributed by atoms with Gasteiger partial charge in [0.05, 0.1) is 28.4 Å². The normalized spacial score (nSPS) is 14.0. The molecule has 7 nitrogen and oxygen atoms in total. The Labute approximate surface area is 291 Å². The lowest BCUT2D eigenvalue weighted by Crippen LogP contribution is -2.24. The number of unbranched alkanes of at least 4 members (excludes halogenated alkanes) is 16. The van der Waals surface area contributed by atoms with Crippen molar-refractivity contribution in [2.45, 2.75) is 194 Å². The minimum absolute atomic E-state index is 0.109. The predicted molar refractivity (Wildman–Crippen MR) is 196 cm³/mol. The summed E-state index contributed by atoms with van der Waals surface area (Å²) in [7, 11) is 6.90. The molecule has 0 spiro atoms. The Morgan fingerprint density at radius 2 is 0.702 bits per heavy atom. The maximum absolute atomic E-state index is 6.25. The van der Waals surface area contributed by atoms with E-state index in [-0.39, 0.29) is 25.8 Å². The minimum atomic E-state index is -0.221. The van der Waals surface area contributed by atoms with Crippen molar-refractivity contribution in [2.24, 2.45) is 0 Å². The van der Waals surface area contributed by atoms with E-state index >= 15 is 0 Å². The number of ether oxygens (including phenoxy) is 7. The van der Waals surface area contributed by atoms with Crippen LogP contribution in [0.5, 0.6) is 0 Å². The molecule has 0 aromatic rings. The van der Waals surface area contributed by atoms with Crippen LogP contribution in [0.3, 0.4) is 0 Å². The number of methoxy groups -OCH3 is 4. The maximum atomic E-state index is 6.25. The van der Waals surface area contributed by atoms with Gasteiger partial charge in [0.25, 0.3) is 0 Å². The molecule has 0 fully saturated rings. The summed E-state index contributed by atoms with van der Waals surface area (Å²) >= 11 is 0. The second-order valence-electron chi connectivity index (χ2n) is 12.9. The highest BCUT2D eigenvalue weighted by molar-refractivity contribution is 5.08. The molecule has 0 bridgehead atoms. The van der Waals surface area contributed by atoms with Gasteiger partial charge in [-0.3, -0.25) is 0 Å². The lowest BCUT2D eigenvalue weighted by molar-refractivity contribution is -0.165. The summed E-state index contributed by atoms with van der Waals surface area (Å²) in [6, 6.07) is 0. The summed E-state index contributed by atoms with van der Waals surface area (Å²) in [5.74, 6) is 3.33. The van der Waals surface area contributed by atoms with E-state index in [0.29, 0.717) is 0 Å². The standard InChI is InChI=1S/C40H78O7/c1-9-13-17-19-21-23-25-27-31-35(41-5)39(43-7)37(29-15-11-3)46-33-45-34-47-38(30-16-12-4)40(44-8)36(42-6)32-28-26-24-22-20-18-14-10-2/h37-38H,9-34H2,1-8H3. The van der Waals surface area contributed by atoms with E-state index in [1.165, 1.54) is 89.9 Å². The highest BCUT2D eigenvalue weighted by Gasteiger charge is 2.23. The van der Waals surface area contributed by atoms with Crippen molar-refractivity contribution in [3.63, 3.8) is 0 Å². The van der Waals surface area contributed by atoms with Gasteiger partial charge >= 0.3 is 0 Å². The average molecular weight is 671 g/mol. The van der Waals surface area contributed by atoms with Gasteiger partial charge in [0.2, 0.25) is 0 Å². The van der Waals surface area contributed by atoms with Crippen LogP contribution in [0.1, 0.15) is 182 Å². The lowest BCUT2D eigenvalue weighted by Gasteiger charge is -2.24. The van der Waals surface area contributed by atoms with Crippen LogP contribution in [0.15, 0.2) is 23.0 Å². The van der Waals surface area contributed by atoms with E-state index in [4.69, 9.17) is 33.2 Å². The zero-order valence-corrected chi connectivity index (χ0v) is 32.4. The van der Waals surface area contributed by atoms with Crippen LogP contribution in [-0.4, -0.2) is 54.2 Å². The van der Waals surface area contributed by atoms with Crippen molar-refractivity contribution in [3.05, 3.63) is 23.0 Å². The molecule has 47 heavy (non-hydrogen) atoms. The first-order valence-electron chi connectivity index (χ1n) is 19.5. The average Bonchev–Trinajstić information content (AvgIpc) is 3.09. The molecule has 0 rings (SSSR count). The Morgan fingerprint density at radius 3 is 1.00 bits per heavy atom. The van der Waals surface area contributed by atoms with Gasteiger partial charge in [-0.25, -0.2) is 0 Å². The Morgan fingerprint density at radius 1 is 0.383 bits per heavy atom. The molecular formula is C40H78O7. The molecule has 0 aliphatic rings. The summed E-state index contributed by atoms with van der Waals surface area (Å²) in [5.41, 5.74) is 0. The smallest absolute Gasteiger partial charge is 0.162 e. The fourth-order valence-corrected chi connectivity index (χ4v) is 5.99. The lowest BCUT2D eigenvalue weighted by atomic mass is 10.0. The maximum Gasteiger partial charge on any atom is 0.162 e. The second-order valence-corrected chi connectivity index (χ2v) is 12.9. The summed E-state index contributed by atoms with van der Waals surface area (Å²) in [5, 5.41) is 0. The van der Waals surface area contributed by atoms with Crippen LogP contribution < -0.4 is 0 Å². The predicted octanol–water partition coefficient (Wildman–Crippen LogP) is 12.1. The van der Waals surface area contributed by atoms with Crippen molar-refractivity contribution in [2.75, 3.05) is 42.0 Å². The molecule has 0 aliphatic carbocycles. The third-order valence-electron chi connectivity index (χ3n) is 8.93. The molecule has 0 aromatic heterocycles. The summed E-state index contributed by atoms with van der Waals surface area (Å²) in [6.45, 7) is 9.13. The first-order chi connectivity index (χ1) is 23.1. The largest absolute Gasteiger partial charge is 0.497 e. The van der Waals surface area contributed by atoms with Gasteiger partial charge in [0.1, 0.15) is 23.7 Å². The highest BCUT2D eigenvalue weighted by Crippen LogP contribution is 2.25. The molecule has 7 heteroatoms. The third-order valence-corrected chi connectivity index (χ3v) is 8.93. The Bertz CT molecular complexity index is 676. The zero-order chi connectivity index (χ0) is 34.8. The van der Waals surface area contributed by atoms with E-state index in [9.17, 15) is 0 Å². The minimum Gasteiger partial charge on any atom is -0.497 e. The van der Waals surface area contributed by atoms with Gasteiger partial charge in [0.15, 0.2) is 25.1 Å². The fraction of sp³-hybridized carbons (Fsp3) is 0.900. The van der Waals surface area contributed by atoms with Crippen LogP contribution >= 0.6 is 0 Å². The molecule has 0 saturated carbocycles. The van der Waals surface area contributed by atoms with Crippen molar-refractivity contribution >= 4 is 0 Å². The molecule has 0 amide bonds. The summed E-state index contributed by atoms with van der Waals surface area (Å²) in [4.78, 5) is 0. The Balaban J connectivity index is 5.11. The Hall–Kier alpha value is -1.44. The van der Waals surface area contributed by atoms with Crippen LogP contribution in [0.4, 0.5) is 0 Å². The molecule has 0 heterocycles. The van der Waals surface area contributed by atoms with Crippen LogP contribution in [0, 0.1) is 0 Å². The monoisotopic (exact) mass is 671 g/mol. The van der Waals surface area contributed by atoms with E-state index < -0.39 is 0 Å². The van der Waals surface area contributed by atoms with E-state index in [1.54, 1.807) is 28.4 Å². The van der Waals surface area contributed by atoms with Gasteiger partial charge in [-0.1, -0.05) is 143 Å². The molecule has 0 aromatic carbocycles. The van der Waals surface area contributed by atoms with Crippen LogP contribution in [0.2, 0.25) is 0 Å². The summed E-state index contributed by atoms with van der Waals surface area (Å²) < 4.78 is 41.8. The van der Waals surface area contributed by atoms with E-state index in [2.05, 4.69) is 27.7 Å². The third kappa shape index (κ3) is 23.5. The zero-order valence-electron chi connectivity index (χ0n) is 32.4. The molecule has 0 aliphatic heterocycles. The van der Waals surface area contributed by atoms with Gasteiger partial charge in [0, 0.05) is 12.8 Å². The molecule has 2 atom stereocenters. The van der Waals surface area contributed by atoms with Gasteiger partial charge < -0.3 is 33.2 Å². The number of allylic oxidation sites excluding steroid dienone is 2. The van der Waals surface area contributed by atoms with E-state index in [0.717, 1.165) is 87.2 Å². The number of rotatable bonds is 36. The van der Waals surface area contributed by atoms with Gasteiger partial charge in [-0.05, 0) is 25.7 Å². The van der Waals surface area contributed by atoms with Gasteiger partial charge in [-0.15, -0.1) is 0 Å². The highest BCUT2D eigenvalue weighted by atomic mass is 16.7. The SMILES string of the molecule is CCCCCCCCCCC(OC)=C(OC)C(CCCC)OCOCOC(CCCC)C(OC)=C(CCCCCCCCCC)OC. The quantitative estimate of drug-likeness (QED) is 0.0373. The second kappa shape index (κ2) is 34.4. The molecular weight excluding hydrogens is 592 g/mol. The molecule has 0 radical (unpaired) electrons. The van der Waals surface area contributed by atoms with Crippen molar-refractivity contribution in [1.29, 1.82) is 0 Å². The van der Waals surface area contributed by atoms with Crippen molar-refractivity contribution in [1.82, 2.24) is 0 Å². The Kier molecular flexibility index (Phi) is 33.4. The van der Waals surface area contributed by atoms with Gasteiger partial charge in [-0.2, -0.15) is 0 Å². The van der Waals surface area contributed by atoms with Crippen LogP contribution in [-0.2, 0) is 33.2 Å². The number of hydrogen-bond donors (Lipinski definition) is 0. The number of hydrogen-bond acceptors (Lipinski definition) is 7. The van der Waals surface area contributed by atoms with Crippen LogP contribution in [0.25, 0.3) is 0 Å². The topological polar surface area (TPSA) is 64.6 Å². The first-order valence-corrected chi connectivity index (χ1v) is 19.5. The fourth-order valence-electron chi connectivity index (χ4n) is 5.99. The molecule has 0 N–H and O–H groups in total. The van der Waals surface area contributed by atoms with E-state index in [1.807, 2.05) is 0 Å². The molecule has 0 saturated heterocycles. The molecule has 2 unspecified atom stereocenters. The molecule has 280 valence electrons. The van der Waals surface area contributed by atoms with Crippen molar-refractivity contribution < 1.29 is 33.2 Å².